The maximum atomic E-state index is 11.0. The average Bonchev–Trinajstić information content (AvgIpc) is 2.86. The van der Waals surface area contributed by atoms with Gasteiger partial charge in [-0.1, -0.05) is 6.07 Å². The summed E-state index contributed by atoms with van der Waals surface area (Å²) in [5.74, 6) is 0.00116. The zero-order valence-corrected chi connectivity index (χ0v) is 12.8. The first-order valence-electron chi connectivity index (χ1n) is 7.20. The van der Waals surface area contributed by atoms with E-state index in [2.05, 4.69) is 12.1 Å². The van der Waals surface area contributed by atoms with Crippen molar-refractivity contribution < 1.29 is 14.6 Å². The van der Waals surface area contributed by atoms with Gasteiger partial charge in [0.25, 0.3) is 0 Å². The van der Waals surface area contributed by atoms with Crippen LogP contribution in [0.1, 0.15) is 44.1 Å². The quantitative estimate of drug-likeness (QED) is 0.920. The lowest BCUT2D eigenvalue weighted by Gasteiger charge is -2.16. The highest BCUT2D eigenvalue weighted by Crippen LogP contribution is 2.27. The number of carbonyl (C=O) groups is 1. The van der Waals surface area contributed by atoms with Crippen LogP contribution in [0.25, 0.3) is 0 Å². The molecule has 3 nitrogen and oxygen atoms in total. The fraction of sp³-hybridized carbons (Fsp3) is 0.353. The van der Waals surface area contributed by atoms with E-state index < -0.39 is 5.97 Å². The lowest BCUT2D eigenvalue weighted by molar-refractivity contribution is 0.0702. The van der Waals surface area contributed by atoms with E-state index in [9.17, 15) is 4.79 Å². The third kappa shape index (κ3) is 3.10. The Labute approximate surface area is 128 Å². The minimum atomic E-state index is -0.872. The zero-order chi connectivity index (χ0) is 14.8. The molecule has 1 aromatic heterocycles. The molecular formula is C17H18O3S. The van der Waals surface area contributed by atoms with Crippen LogP contribution in [0.3, 0.4) is 0 Å². The third-order valence-corrected chi connectivity index (χ3v) is 5.03. The van der Waals surface area contributed by atoms with Gasteiger partial charge in [0, 0.05) is 10.4 Å². The van der Waals surface area contributed by atoms with Gasteiger partial charge in [0.1, 0.15) is 17.2 Å². The molecule has 2 aromatic rings. The van der Waals surface area contributed by atoms with E-state index in [0.717, 1.165) is 22.6 Å². The van der Waals surface area contributed by atoms with E-state index in [1.807, 2.05) is 13.0 Å². The van der Waals surface area contributed by atoms with Crippen LogP contribution in [-0.4, -0.2) is 11.1 Å². The Morgan fingerprint density at radius 3 is 2.71 bits per heavy atom. The van der Waals surface area contributed by atoms with Crippen LogP contribution in [0.15, 0.2) is 24.3 Å². The highest BCUT2D eigenvalue weighted by Gasteiger charge is 2.13. The molecular weight excluding hydrogens is 284 g/mol. The fourth-order valence-electron chi connectivity index (χ4n) is 2.73. The zero-order valence-electron chi connectivity index (χ0n) is 12.0. The number of carboxylic acid groups (broad SMARTS) is 1. The van der Waals surface area contributed by atoms with E-state index in [0.29, 0.717) is 11.5 Å². The molecule has 0 amide bonds. The second kappa shape index (κ2) is 5.90. The summed E-state index contributed by atoms with van der Waals surface area (Å²) in [4.78, 5) is 12.3. The van der Waals surface area contributed by atoms with E-state index in [-0.39, 0.29) is 0 Å². The molecule has 0 saturated carbocycles. The smallest absolute Gasteiger partial charge is 0.345 e. The number of thiophene rings is 1. The third-order valence-electron chi connectivity index (χ3n) is 3.95. The van der Waals surface area contributed by atoms with Crippen LogP contribution in [0.2, 0.25) is 0 Å². The molecule has 0 atom stereocenters. The first kappa shape index (κ1) is 14.1. The number of carboxylic acids is 1. The van der Waals surface area contributed by atoms with Gasteiger partial charge >= 0.3 is 5.97 Å². The topological polar surface area (TPSA) is 46.5 Å². The van der Waals surface area contributed by atoms with Crippen LogP contribution >= 0.6 is 11.3 Å². The van der Waals surface area contributed by atoms with Gasteiger partial charge in [0.05, 0.1) is 0 Å². The van der Waals surface area contributed by atoms with E-state index in [1.54, 1.807) is 6.07 Å². The van der Waals surface area contributed by atoms with Crippen LogP contribution in [0.5, 0.6) is 5.75 Å². The van der Waals surface area contributed by atoms with Crippen molar-refractivity contribution in [3.05, 3.63) is 50.7 Å². The van der Waals surface area contributed by atoms with Gasteiger partial charge in [-0.25, -0.2) is 4.79 Å². The van der Waals surface area contributed by atoms with Crippen molar-refractivity contribution in [3.8, 4) is 5.75 Å². The van der Waals surface area contributed by atoms with Gasteiger partial charge < -0.3 is 9.84 Å². The summed E-state index contributed by atoms with van der Waals surface area (Å²) in [6.45, 7) is 2.36. The fourth-order valence-corrected chi connectivity index (χ4v) is 3.60. The maximum Gasteiger partial charge on any atom is 0.345 e. The number of ether oxygens (including phenoxy) is 1. The van der Waals surface area contributed by atoms with Crippen molar-refractivity contribution >= 4 is 17.3 Å². The molecule has 0 bridgehead atoms. The van der Waals surface area contributed by atoms with Gasteiger partial charge in [-0.2, -0.15) is 0 Å². The molecule has 0 unspecified atom stereocenters. The minimum Gasteiger partial charge on any atom is -0.489 e. The SMILES string of the molecule is Cc1sc(C(=O)O)cc1COc1ccc2c(c1)CCCC2. The summed E-state index contributed by atoms with van der Waals surface area (Å²) in [6.07, 6.45) is 4.83. The predicted octanol–water partition coefficient (Wildman–Crippen LogP) is 4.21. The molecule has 0 radical (unpaired) electrons. The normalized spacial score (nSPS) is 13.8. The molecule has 1 N–H and O–H groups in total. The molecule has 21 heavy (non-hydrogen) atoms. The number of benzene rings is 1. The highest BCUT2D eigenvalue weighted by atomic mass is 32.1. The van der Waals surface area contributed by atoms with Crippen LogP contribution < -0.4 is 4.74 Å². The number of fused-ring (bicyclic) bond motifs is 1. The monoisotopic (exact) mass is 302 g/mol. The first-order chi connectivity index (χ1) is 10.1. The van der Waals surface area contributed by atoms with Crippen molar-refractivity contribution in [3.63, 3.8) is 0 Å². The summed E-state index contributed by atoms with van der Waals surface area (Å²) >= 11 is 1.30. The number of hydrogen-bond acceptors (Lipinski definition) is 3. The summed E-state index contributed by atoms with van der Waals surface area (Å²) in [5, 5.41) is 9.01. The maximum absolute atomic E-state index is 11.0. The first-order valence-corrected chi connectivity index (χ1v) is 8.02. The number of aromatic carboxylic acids is 1. The molecule has 1 aliphatic carbocycles. The molecule has 4 heteroatoms. The minimum absolute atomic E-state index is 0.372. The molecule has 1 heterocycles. The predicted molar refractivity (Wildman–Crippen MR) is 83.4 cm³/mol. The van der Waals surface area contributed by atoms with Crippen LogP contribution in [0.4, 0.5) is 0 Å². The second-order valence-electron chi connectivity index (χ2n) is 5.42. The van der Waals surface area contributed by atoms with Crippen molar-refractivity contribution in [2.24, 2.45) is 0 Å². The Bertz CT molecular complexity index is 673. The van der Waals surface area contributed by atoms with Gasteiger partial charge in [0.2, 0.25) is 0 Å². The summed E-state index contributed by atoms with van der Waals surface area (Å²) in [5.41, 5.74) is 3.79. The molecule has 1 aliphatic rings. The van der Waals surface area contributed by atoms with Gasteiger partial charge in [-0.15, -0.1) is 11.3 Å². The van der Waals surface area contributed by atoms with E-state index in [1.165, 1.54) is 41.7 Å². The molecule has 0 aliphatic heterocycles. The van der Waals surface area contributed by atoms with Gasteiger partial charge in [-0.05, 0) is 61.9 Å². The molecule has 1 aromatic carbocycles. The molecule has 3 rings (SSSR count). The van der Waals surface area contributed by atoms with Crippen molar-refractivity contribution in [1.82, 2.24) is 0 Å². The summed E-state index contributed by atoms with van der Waals surface area (Å²) in [7, 11) is 0. The Hall–Kier alpha value is -1.81. The summed E-state index contributed by atoms with van der Waals surface area (Å²) < 4.78 is 5.85. The van der Waals surface area contributed by atoms with Crippen molar-refractivity contribution in [1.29, 1.82) is 0 Å². The van der Waals surface area contributed by atoms with Gasteiger partial charge in [-0.3, -0.25) is 0 Å². The Kier molecular flexibility index (Phi) is 3.97. The van der Waals surface area contributed by atoms with E-state index in [4.69, 9.17) is 9.84 Å². The Balaban J connectivity index is 1.71. The molecule has 0 spiro atoms. The molecule has 0 saturated heterocycles. The standard InChI is InChI=1S/C17H18O3S/c1-11-14(9-16(21-11)17(18)19)10-20-15-7-6-12-4-2-3-5-13(12)8-15/h6-9H,2-5,10H2,1H3,(H,18,19). The number of rotatable bonds is 4. The largest absolute Gasteiger partial charge is 0.489 e. The molecule has 110 valence electrons. The van der Waals surface area contributed by atoms with Crippen LogP contribution in [0, 0.1) is 6.92 Å². The highest BCUT2D eigenvalue weighted by molar-refractivity contribution is 7.14. The second-order valence-corrected chi connectivity index (χ2v) is 6.68. The van der Waals surface area contributed by atoms with Crippen molar-refractivity contribution in [2.45, 2.75) is 39.2 Å². The van der Waals surface area contributed by atoms with Crippen LogP contribution in [-0.2, 0) is 19.4 Å². The van der Waals surface area contributed by atoms with Crippen molar-refractivity contribution in [2.75, 3.05) is 0 Å². The lowest BCUT2D eigenvalue weighted by atomic mass is 9.92. The van der Waals surface area contributed by atoms with E-state index >= 15 is 0 Å². The number of hydrogen-bond donors (Lipinski definition) is 1. The Morgan fingerprint density at radius 1 is 1.24 bits per heavy atom. The molecule has 0 fully saturated rings. The Morgan fingerprint density at radius 2 is 2.00 bits per heavy atom. The number of aryl methyl sites for hydroxylation is 3. The average molecular weight is 302 g/mol. The summed E-state index contributed by atoms with van der Waals surface area (Å²) in [6, 6.07) is 8.02. The van der Waals surface area contributed by atoms with Gasteiger partial charge in [0.15, 0.2) is 0 Å². The lowest BCUT2D eigenvalue weighted by Crippen LogP contribution is -2.03.